The lowest BCUT2D eigenvalue weighted by Gasteiger charge is -2.19. The SMILES string of the molecule is N[C@@H](COc1cc(F)cc(F)c1)[C@H](O)CNC1CC1. The minimum absolute atomic E-state index is 0.00356. The molecule has 2 atom stereocenters. The van der Waals surface area contributed by atoms with Crippen LogP contribution < -0.4 is 15.8 Å². The molecule has 2 rings (SSSR count). The van der Waals surface area contributed by atoms with Gasteiger partial charge in [0.15, 0.2) is 0 Å². The van der Waals surface area contributed by atoms with Gasteiger partial charge in [0.2, 0.25) is 0 Å². The molecule has 6 heteroatoms. The van der Waals surface area contributed by atoms with Crippen molar-refractivity contribution in [2.24, 2.45) is 5.73 Å². The van der Waals surface area contributed by atoms with Crippen LogP contribution in [0.4, 0.5) is 8.78 Å². The van der Waals surface area contributed by atoms with Gasteiger partial charge in [-0.05, 0) is 12.8 Å². The Bertz CT molecular complexity index is 407. The van der Waals surface area contributed by atoms with Gasteiger partial charge in [-0.3, -0.25) is 0 Å². The number of halogens is 2. The van der Waals surface area contributed by atoms with Gasteiger partial charge in [-0.15, -0.1) is 0 Å². The molecular weight excluding hydrogens is 254 g/mol. The lowest BCUT2D eigenvalue weighted by atomic mass is 10.2. The van der Waals surface area contributed by atoms with E-state index in [-0.39, 0.29) is 12.4 Å². The average Bonchev–Trinajstić information content (AvgIpc) is 3.15. The second-order valence-corrected chi connectivity index (χ2v) is 4.83. The molecule has 1 aliphatic carbocycles. The van der Waals surface area contributed by atoms with E-state index in [1.165, 1.54) is 0 Å². The summed E-state index contributed by atoms with van der Waals surface area (Å²) in [6.45, 7) is 0.392. The molecule has 0 amide bonds. The molecule has 0 heterocycles. The van der Waals surface area contributed by atoms with Crippen LogP contribution in [0, 0.1) is 11.6 Å². The van der Waals surface area contributed by atoms with E-state index in [4.69, 9.17) is 10.5 Å². The summed E-state index contributed by atoms with van der Waals surface area (Å²) in [5, 5.41) is 12.9. The highest BCUT2D eigenvalue weighted by Gasteiger charge is 2.23. The molecule has 1 aromatic rings. The van der Waals surface area contributed by atoms with E-state index in [0.717, 1.165) is 31.0 Å². The third-order valence-electron chi connectivity index (χ3n) is 2.97. The Morgan fingerprint density at radius 1 is 1.32 bits per heavy atom. The molecule has 1 fully saturated rings. The second kappa shape index (κ2) is 6.27. The van der Waals surface area contributed by atoms with Crippen molar-refractivity contribution in [2.45, 2.75) is 31.0 Å². The van der Waals surface area contributed by atoms with Gasteiger partial charge in [-0.25, -0.2) is 8.78 Å². The highest BCUT2D eigenvalue weighted by Crippen LogP contribution is 2.18. The summed E-state index contributed by atoms with van der Waals surface area (Å²) >= 11 is 0. The topological polar surface area (TPSA) is 67.5 Å². The molecule has 0 radical (unpaired) electrons. The largest absolute Gasteiger partial charge is 0.492 e. The van der Waals surface area contributed by atoms with E-state index < -0.39 is 23.8 Å². The second-order valence-electron chi connectivity index (χ2n) is 4.83. The fourth-order valence-corrected chi connectivity index (χ4v) is 1.64. The van der Waals surface area contributed by atoms with Crippen molar-refractivity contribution in [2.75, 3.05) is 13.2 Å². The Kier molecular flexibility index (Phi) is 4.68. The number of nitrogens with one attached hydrogen (secondary N) is 1. The van der Waals surface area contributed by atoms with Gasteiger partial charge in [0.25, 0.3) is 0 Å². The first-order chi connectivity index (χ1) is 9.04. The van der Waals surface area contributed by atoms with E-state index >= 15 is 0 Å². The van der Waals surface area contributed by atoms with E-state index in [9.17, 15) is 13.9 Å². The standard InChI is InChI=1S/C13H18F2N2O2/c14-8-3-9(15)5-11(4-8)19-7-12(16)13(18)6-17-10-1-2-10/h3-5,10,12-13,17-18H,1-2,6-7,16H2/t12-,13+/m0/s1. The fourth-order valence-electron chi connectivity index (χ4n) is 1.64. The molecule has 0 saturated heterocycles. The summed E-state index contributed by atoms with van der Waals surface area (Å²) in [4.78, 5) is 0. The van der Waals surface area contributed by atoms with Crippen molar-refractivity contribution < 1.29 is 18.6 Å². The maximum absolute atomic E-state index is 12.9. The molecule has 106 valence electrons. The van der Waals surface area contributed by atoms with Crippen molar-refractivity contribution in [1.82, 2.24) is 5.32 Å². The van der Waals surface area contributed by atoms with Crippen LogP contribution in [-0.4, -0.2) is 36.4 Å². The normalized spacial score (nSPS) is 18.1. The van der Waals surface area contributed by atoms with Crippen LogP contribution in [0.2, 0.25) is 0 Å². The third kappa shape index (κ3) is 4.74. The molecule has 19 heavy (non-hydrogen) atoms. The summed E-state index contributed by atoms with van der Waals surface area (Å²) in [7, 11) is 0. The van der Waals surface area contributed by atoms with Gasteiger partial charge in [0.1, 0.15) is 24.0 Å². The van der Waals surface area contributed by atoms with Gasteiger partial charge in [-0.2, -0.15) is 0 Å². The summed E-state index contributed by atoms with van der Waals surface area (Å²) in [5.74, 6) is -1.35. The van der Waals surface area contributed by atoms with Crippen LogP contribution in [-0.2, 0) is 0 Å². The minimum atomic E-state index is -0.751. The quantitative estimate of drug-likeness (QED) is 0.686. The maximum Gasteiger partial charge on any atom is 0.129 e. The molecule has 4 nitrogen and oxygen atoms in total. The predicted octanol–water partition coefficient (Wildman–Crippen LogP) is 0.784. The number of rotatable bonds is 7. The Hall–Kier alpha value is -1.24. The van der Waals surface area contributed by atoms with Gasteiger partial charge < -0.3 is 20.9 Å². The zero-order chi connectivity index (χ0) is 13.8. The van der Waals surface area contributed by atoms with Gasteiger partial charge in [0, 0.05) is 30.8 Å². The smallest absolute Gasteiger partial charge is 0.129 e. The third-order valence-corrected chi connectivity index (χ3v) is 2.97. The molecule has 0 spiro atoms. The number of hydrogen-bond acceptors (Lipinski definition) is 4. The van der Waals surface area contributed by atoms with Crippen LogP contribution in [0.3, 0.4) is 0 Å². The van der Waals surface area contributed by atoms with Crippen LogP contribution in [0.5, 0.6) is 5.75 Å². The summed E-state index contributed by atoms with van der Waals surface area (Å²) in [6, 6.07) is 2.79. The van der Waals surface area contributed by atoms with Crippen LogP contribution >= 0.6 is 0 Å². The van der Waals surface area contributed by atoms with Crippen molar-refractivity contribution in [3.05, 3.63) is 29.8 Å². The van der Waals surface area contributed by atoms with Crippen LogP contribution in [0.15, 0.2) is 18.2 Å². The van der Waals surface area contributed by atoms with Gasteiger partial charge >= 0.3 is 0 Å². The molecule has 0 aliphatic heterocycles. The zero-order valence-corrected chi connectivity index (χ0v) is 10.5. The monoisotopic (exact) mass is 272 g/mol. The number of benzene rings is 1. The minimum Gasteiger partial charge on any atom is -0.492 e. The van der Waals surface area contributed by atoms with E-state index in [0.29, 0.717) is 12.6 Å². The van der Waals surface area contributed by atoms with E-state index in [1.54, 1.807) is 0 Å². The predicted molar refractivity (Wildman–Crippen MR) is 66.9 cm³/mol. The summed E-state index contributed by atoms with van der Waals surface area (Å²) < 4.78 is 31.0. The fraction of sp³-hybridized carbons (Fsp3) is 0.538. The average molecular weight is 272 g/mol. The Balaban J connectivity index is 1.76. The molecule has 1 aliphatic rings. The van der Waals surface area contributed by atoms with Gasteiger partial charge in [-0.1, -0.05) is 0 Å². The molecule has 4 N–H and O–H groups in total. The lowest BCUT2D eigenvalue weighted by Crippen LogP contribution is -2.45. The Labute approximate surface area is 110 Å². The van der Waals surface area contributed by atoms with Crippen molar-refractivity contribution >= 4 is 0 Å². The number of hydrogen-bond donors (Lipinski definition) is 3. The zero-order valence-electron chi connectivity index (χ0n) is 10.5. The lowest BCUT2D eigenvalue weighted by molar-refractivity contribution is 0.113. The molecule has 0 unspecified atom stereocenters. The Morgan fingerprint density at radius 2 is 1.95 bits per heavy atom. The molecule has 0 bridgehead atoms. The molecule has 1 saturated carbocycles. The number of aliphatic hydroxyl groups excluding tert-OH is 1. The first-order valence-electron chi connectivity index (χ1n) is 6.30. The van der Waals surface area contributed by atoms with E-state index in [1.807, 2.05) is 0 Å². The number of aliphatic hydroxyl groups is 1. The first-order valence-corrected chi connectivity index (χ1v) is 6.30. The molecule has 0 aromatic heterocycles. The van der Waals surface area contributed by atoms with Gasteiger partial charge in [0.05, 0.1) is 12.1 Å². The highest BCUT2D eigenvalue weighted by atomic mass is 19.1. The highest BCUT2D eigenvalue weighted by molar-refractivity contribution is 5.23. The van der Waals surface area contributed by atoms with Crippen LogP contribution in [0.1, 0.15) is 12.8 Å². The summed E-state index contributed by atoms with van der Waals surface area (Å²) in [5.41, 5.74) is 5.75. The number of ether oxygens (including phenoxy) is 1. The van der Waals surface area contributed by atoms with Crippen molar-refractivity contribution in [3.63, 3.8) is 0 Å². The first kappa shape index (κ1) is 14.2. The van der Waals surface area contributed by atoms with Crippen molar-refractivity contribution in [3.8, 4) is 5.75 Å². The molecule has 1 aromatic carbocycles. The Morgan fingerprint density at radius 3 is 2.53 bits per heavy atom. The van der Waals surface area contributed by atoms with Crippen molar-refractivity contribution in [1.29, 1.82) is 0 Å². The summed E-state index contributed by atoms with van der Waals surface area (Å²) in [6.07, 6.45) is 1.50. The molecular formula is C13H18F2N2O2. The van der Waals surface area contributed by atoms with E-state index in [2.05, 4.69) is 5.32 Å². The number of nitrogens with two attached hydrogens (primary N) is 1. The van der Waals surface area contributed by atoms with Crippen LogP contribution in [0.25, 0.3) is 0 Å². The maximum atomic E-state index is 12.9.